The van der Waals surface area contributed by atoms with Crippen molar-refractivity contribution in [1.29, 1.82) is 0 Å². The quantitative estimate of drug-likeness (QED) is 0.517. The van der Waals surface area contributed by atoms with Crippen molar-refractivity contribution in [2.24, 2.45) is 0 Å². The molecule has 0 spiro atoms. The Bertz CT molecular complexity index is 111. The van der Waals surface area contributed by atoms with E-state index in [2.05, 4.69) is 26.6 Å². The summed E-state index contributed by atoms with van der Waals surface area (Å²) in [6.45, 7) is 8.89. The third-order valence-corrected chi connectivity index (χ3v) is 13.5. The molecule has 0 saturated heterocycles. The van der Waals surface area contributed by atoms with Crippen LogP contribution in [0.15, 0.2) is 0 Å². The van der Waals surface area contributed by atoms with Gasteiger partial charge in [0.25, 0.3) is 0 Å². The van der Waals surface area contributed by atoms with E-state index in [9.17, 15) is 0 Å². The van der Waals surface area contributed by atoms with Crippen LogP contribution in [-0.2, 0) is 0 Å². The molecule has 0 rings (SSSR count). The number of hydrogen-bond donors (Lipinski definition) is 0. The van der Waals surface area contributed by atoms with Crippen LogP contribution >= 0.6 is 33.2 Å². The molecular weight excluding hydrogens is 235 g/mol. The van der Waals surface area contributed by atoms with Crippen LogP contribution in [0.4, 0.5) is 0 Å². The van der Waals surface area contributed by atoms with Crippen LogP contribution in [0.5, 0.6) is 0 Å². The summed E-state index contributed by atoms with van der Waals surface area (Å²) in [6.07, 6.45) is 1.01. The zero-order chi connectivity index (χ0) is 9.28. The molecule has 11 heavy (non-hydrogen) atoms. The summed E-state index contributed by atoms with van der Waals surface area (Å²) < 4.78 is 0. The molecule has 0 aliphatic carbocycles. The molecule has 0 aromatic carbocycles. The summed E-state index contributed by atoms with van der Waals surface area (Å²) in [7, 11) is -1.26. The maximum Gasteiger partial charge on any atom is 0.341 e. The monoisotopic (exact) mass is 248 g/mol. The molecule has 0 nitrogen and oxygen atoms in total. The third kappa shape index (κ3) is 4.18. The van der Waals surface area contributed by atoms with Gasteiger partial charge in [0.1, 0.15) is 0 Å². The number of hydrogen-bond acceptors (Lipinski definition) is 0. The van der Waals surface area contributed by atoms with Gasteiger partial charge in [-0.1, -0.05) is 33.0 Å². The fourth-order valence-electron chi connectivity index (χ4n) is 1.33. The molecule has 0 aliphatic heterocycles. The summed E-state index contributed by atoms with van der Waals surface area (Å²) >= 11 is 18.0. The van der Waals surface area contributed by atoms with Crippen molar-refractivity contribution in [1.82, 2.24) is 0 Å². The molecule has 5 heteroatoms. The van der Waals surface area contributed by atoms with Crippen LogP contribution in [0.3, 0.4) is 0 Å². The average Bonchev–Trinajstić information content (AvgIpc) is 1.56. The van der Waals surface area contributed by atoms with Gasteiger partial charge in [-0.3, -0.25) is 0 Å². The minimum atomic E-state index is -2.44. The normalized spacial score (nSPS) is 16.6. The van der Waals surface area contributed by atoms with Gasteiger partial charge in [-0.15, -0.1) is 33.2 Å². The Hall–Kier alpha value is 1.30. The first kappa shape index (κ1) is 12.3. The lowest BCUT2D eigenvalue weighted by atomic mass is 10.6. The van der Waals surface area contributed by atoms with Gasteiger partial charge in [-0.25, -0.2) is 0 Å². The maximum absolute atomic E-state index is 5.99. The summed E-state index contributed by atoms with van der Waals surface area (Å²) in [5.41, 5.74) is 0. The van der Waals surface area contributed by atoms with E-state index in [-0.39, 0.29) is 0 Å². The topological polar surface area (TPSA) is 0 Å². The molecule has 0 N–H and O–H groups in total. The van der Waals surface area contributed by atoms with Crippen molar-refractivity contribution in [3.63, 3.8) is 0 Å². The first-order chi connectivity index (χ1) is 4.69. The molecular formula is C6H15Cl3Si2. The standard InChI is InChI=1S/C6H15Cl3Si2/c1-5-6(10(2,3)4)11(7,8)9/h6H,5H2,1-4H3. The van der Waals surface area contributed by atoms with Gasteiger partial charge in [0, 0.05) is 8.07 Å². The van der Waals surface area contributed by atoms with Crippen molar-refractivity contribution in [2.75, 3.05) is 0 Å². The fraction of sp³-hybridized carbons (Fsp3) is 1.00. The van der Waals surface area contributed by atoms with Crippen LogP contribution in [0.25, 0.3) is 0 Å². The van der Waals surface area contributed by atoms with Gasteiger partial charge in [0.05, 0.1) is 0 Å². The molecule has 0 aromatic rings. The van der Waals surface area contributed by atoms with Gasteiger partial charge >= 0.3 is 6.00 Å². The highest BCUT2D eigenvalue weighted by Crippen LogP contribution is 2.42. The van der Waals surface area contributed by atoms with Crippen LogP contribution in [0.1, 0.15) is 13.3 Å². The van der Waals surface area contributed by atoms with E-state index >= 15 is 0 Å². The lowest BCUT2D eigenvalue weighted by molar-refractivity contribution is 0.977. The van der Waals surface area contributed by atoms with Crippen LogP contribution in [0, 0.1) is 0 Å². The predicted octanol–water partition coefficient (Wildman–Crippen LogP) is 4.30. The van der Waals surface area contributed by atoms with E-state index < -0.39 is 14.1 Å². The summed E-state index contributed by atoms with van der Waals surface area (Å²) in [4.78, 5) is 0. The van der Waals surface area contributed by atoms with Crippen molar-refractivity contribution in [2.45, 2.75) is 38.2 Å². The Morgan fingerprint density at radius 3 is 1.45 bits per heavy atom. The highest BCUT2D eigenvalue weighted by atomic mass is 35.8. The lowest BCUT2D eigenvalue weighted by Gasteiger charge is -2.31. The molecule has 0 radical (unpaired) electrons. The van der Waals surface area contributed by atoms with Gasteiger partial charge < -0.3 is 0 Å². The van der Waals surface area contributed by atoms with E-state index in [1.54, 1.807) is 0 Å². The zero-order valence-corrected chi connectivity index (χ0v) is 11.7. The highest BCUT2D eigenvalue weighted by Gasteiger charge is 2.43. The van der Waals surface area contributed by atoms with E-state index in [1.807, 2.05) is 0 Å². The Labute approximate surface area is 85.4 Å². The maximum atomic E-state index is 5.99. The van der Waals surface area contributed by atoms with Crippen molar-refractivity contribution >= 4 is 47.3 Å². The molecule has 1 unspecified atom stereocenters. The van der Waals surface area contributed by atoms with Crippen molar-refractivity contribution in [3.8, 4) is 0 Å². The average molecular weight is 250 g/mol. The summed E-state index contributed by atoms with van der Waals surface area (Å²) in [6, 6.07) is -2.44. The smallest absolute Gasteiger partial charge is 0.126 e. The second kappa shape index (κ2) is 4.01. The Kier molecular flexibility index (Phi) is 4.48. The van der Waals surface area contributed by atoms with E-state index in [4.69, 9.17) is 33.2 Å². The minimum Gasteiger partial charge on any atom is -0.126 e. The lowest BCUT2D eigenvalue weighted by Crippen LogP contribution is -2.39. The van der Waals surface area contributed by atoms with Crippen molar-refractivity contribution in [3.05, 3.63) is 0 Å². The predicted molar refractivity (Wildman–Crippen MR) is 60.7 cm³/mol. The Morgan fingerprint density at radius 2 is 1.45 bits per heavy atom. The van der Waals surface area contributed by atoms with E-state index in [0.29, 0.717) is 5.16 Å². The molecule has 0 aliphatic rings. The Balaban J connectivity index is 4.43. The highest BCUT2D eigenvalue weighted by molar-refractivity contribution is 7.66. The molecule has 0 bridgehead atoms. The molecule has 1 atom stereocenters. The molecule has 0 heterocycles. The van der Waals surface area contributed by atoms with E-state index in [1.165, 1.54) is 0 Å². The number of rotatable bonds is 3. The fourth-order valence-corrected chi connectivity index (χ4v) is 17.2. The third-order valence-electron chi connectivity index (χ3n) is 1.85. The first-order valence-corrected chi connectivity index (χ1v) is 12.4. The molecule has 0 fully saturated rings. The summed E-state index contributed by atoms with van der Waals surface area (Å²) in [5.74, 6) is 0. The minimum absolute atomic E-state index is 0.389. The van der Waals surface area contributed by atoms with Gasteiger partial charge in [-0.05, 0) is 5.16 Å². The molecule has 0 aromatic heterocycles. The van der Waals surface area contributed by atoms with E-state index in [0.717, 1.165) is 6.42 Å². The van der Waals surface area contributed by atoms with Crippen LogP contribution in [-0.4, -0.2) is 14.1 Å². The van der Waals surface area contributed by atoms with Crippen molar-refractivity contribution < 1.29 is 0 Å². The molecule has 68 valence electrons. The SMILES string of the molecule is CCC([Si](C)(C)C)[Si](Cl)(Cl)Cl. The largest absolute Gasteiger partial charge is 0.341 e. The second-order valence-electron chi connectivity index (χ2n) is 3.87. The Morgan fingerprint density at radius 1 is 1.09 bits per heavy atom. The van der Waals surface area contributed by atoms with Crippen LogP contribution < -0.4 is 0 Å². The van der Waals surface area contributed by atoms with Crippen LogP contribution in [0.2, 0.25) is 24.8 Å². The first-order valence-electron chi connectivity index (χ1n) is 3.76. The molecule has 0 saturated carbocycles. The van der Waals surface area contributed by atoms with Gasteiger partial charge in [0.15, 0.2) is 0 Å². The second-order valence-corrected chi connectivity index (χ2v) is 18.8. The number of halogens is 3. The zero-order valence-electron chi connectivity index (χ0n) is 7.42. The summed E-state index contributed by atoms with van der Waals surface area (Å²) in [5, 5.41) is 0.389. The van der Waals surface area contributed by atoms with Gasteiger partial charge in [-0.2, -0.15) is 0 Å². The van der Waals surface area contributed by atoms with Gasteiger partial charge in [0.2, 0.25) is 0 Å². The molecule has 0 amide bonds.